The van der Waals surface area contributed by atoms with Crippen LogP contribution in [0.4, 0.5) is 11.9 Å². The van der Waals surface area contributed by atoms with Crippen molar-refractivity contribution in [3.63, 3.8) is 0 Å². The maximum Gasteiger partial charge on any atom is 0.323 e. The fourth-order valence-electron chi connectivity index (χ4n) is 2.30. The van der Waals surface area contributed by atoms with Gasteiger partial charge < -0.3 is 15.0 Å². The lowest BCUT2D eigenvalue weighted by atomic mass is 9.75. The van der Waals surface area contributed by atoms with Crippen molar-refractivity contribution in [1.29, 1.82) is 0 Å². The zero-order valence-corrected chi connectivity index (χ0v) is 12.3. The molecule has 20 heavy (non-hydrogen) atoms. The molecular weight excluding hydrogens is 258 g/mol. The molecule has 2 rings (SSSR count). The van der Waals surface area contributed by atoms with E-state index in [0.29, 0.717) is 18.5 Å². The summed E-state index contributed by atoms with van der Waals surface area (Å²) in [6, 6.07) is 0.269. The highest BCUT2D eigenvalue weighted by Crippen LogP contribution is 2.36. The van der Waals surface area contributed by atoms with Crippen LogP contribution in [0.15, 0.2) is 0 Å². The zero-order chi connectivity index (χ0) is 14.6. The Balaban J connectivity index is 2.06. The van der Waals surface area contributed by atoms with Crippen molar-refractivity contribution in [1.82, 2.24) is 19.9 Å². The highest BCUT2D eigenvalue weighted by molar-refractivity contribution is 5.35. The molecule has 0 amide bonds. The molecule has 0 aliphatic heterocycles. The molecule has 1 fully saturated rings. The number of rotatable bonds is 7. The molecule has 4 N–H and O–H groups in total. The minimum atomic E-state index is 0.189. The van der Waals surface area contributed by atoms with Crippen LogP contribution in [0.1, 0.15) is 26.2 Å². The van der Waals surface area contributed by atoms with Gasteiger partial charge in [0, 0.05) is 12.1 Å². The van der Waals surface area contributed by atoms with Crippen LogP contribution in [0.2, 0.25) is 0 Å². The van der Waals surface area contributed by atoms with E-state index in [9.17, 15) is 0 Å². The first-order valence-corrected chi connectivity index (χ1v) is 6.86. The first-order valence-electron chi connectivity index (χ1n) is 6.86. The SMILES string of the molecule is CCOc1nc(NN)nc(NCC2(N(C)C)CCC2)n1. The molecule has 1 aromatic rings. The van der Waals surface area contributed by atoms with Gasteiger partial charge in [0.2, 0.25) is 11.9 Å². The van der Waals surface area contributed by atoms with Crippen LogP contribution in [0.25, 0.3) is 0 Å². The third kappa shape index (κ3) is 3.07. The van der Waals surface area contributed by atoms with Gasteiger partial charge in [0.05, 0.1) is 6.61 Å². The number of likely N-dealkylation sites (N-methyl/N-ethyl adjacent to an activating group) is 1. The summed E-state index contributed by atoms with van der Waals surface area (Å²) in [5.41, 5.74) is 2.61. The average Bonchev–Trinajstić information content (AvgIpc) is 2.37. The molecule has 0 atom stereocenters. The second-order valence-electron chi connectivity index (χ2n) is 5.17. The van der Waals surface area contributed by atoms with Crippen molar-refractivity contribution in [3.05, 3.63) is 0 Å². The van der Waals surface area contributed by atoms with Crippen LogP contribution in [-0.4, -0.2) is 52.6 Å². The molecule has 0 spiro atoms. The Morgan fingerprint density at radius 1 is 1.25 bits per heavy atom. The molecule has 8 heteroatoms. The maximum atomic E-state index is 5.36. The van der Waals surface area contributed by atoms with Crippen molar-refractivity contribution in [2.75, 3.05) is 38.0 Å². The van der Waals surface area contributed by atoms with Gasteiger partial charge in [0.1, 0.15) is 0 Å². The lowest BCUT2D eigenvalue weighted by Crippen LogP contribution is -2.54. The van der Waals surface area contributed by atoms with Crippen molar-refractivity contribution < 1.29 is 4.74 Å². The van der Waals surface area contributed by atoms with E-state index >= 15 is 0 Å². The summed E-state index contributed by atoms with van der Waals surface area (Å²) < 4.78 is 5.30. The highest BCUT2D eigenvalue weighted by Gasteiger charge is 2.38. The van der Waals surface area contributed by atoms with Gasteiger partial charge in [-0.3, -0.25) is 5.43 Å². The first-order chi connectivity index (χ1) is 9.59. The smallest absolute Gasteiger partial charge is 0.323 e. The third-order valence-corrected chi connectivity index (χ3v) is 3.83. The largest absolute Gasteiger partial charge is 0.464 e. The fourth-order valence-corrected chi connectivity index (χ4v) is 2.30. The quantitative estimate of drug-likeness (QED) is 0.489. The number of hydrogen-bond donors (Lipinski definition) is 3. The number of hydrogen-bond acceptors (Lipinski definition) is 8. The minimum Gasteiger partial charge on any atom is -0.464 e. The van der Waals surface area contributed by atoms with Crippen LogP contribution in [0.5, 0.6) is 6.01 Å². The topological polar surface area (TPSA) is 101 Å². The zero-order valence-electron chi connectivity index (χ0n) is 12.3. The van der Waals surface area contributed by atoms with Crippen LogP contribution >= 0.6 is 0 Å². The van der Waals surface area contributed by atoms with E-state index < -0.39 is 0 Å². The van der Waals surface area contributed by atoms with Crippen molar-refractivity contribution >= 4 is 11.9 Å². The van der Waals surface area contributed by atoms with Gasteiger partial charge in [0.15, 0.2) is 0 Å². The van der Waals surface area contributed by atoms with Crippen LogP contribution in [-0.2, 0) is 0 Å². The Labute approximate surface area is 119 Å². The average molecular weight is 281 g/mol. The molecule has 0 saturated heterocycles. The molecule has 0 bridgehead atoms. The van der Waals surface area contributed by atoms with Gasteiger partial charge in [-0.1, -0.05) is 0 Å². The van der Waals surface area contributed by atoms with E-state index in [1.165, 1.54) is 19.3 Å². The second kappa shape index (κ2) is 6.19. The number of nitrogens with zero attached hydrogens (tertiary/aromatic N) is 4. The minimum absolute atomic E-state index is 0.189. The van der Waals surface area contributed by atoms with Crippen molar-refractivity contribution in [2.45, 2.75) is 31.7 Å². The predicted molar refractivity (Wildman–Crippen MR) is 77.6 cm³/mol. The van der Waals surface area contributed by atoms with Gasteiger partial charge in [-0.2, -0.15) is 15.0 Å². The Hall–Kier alpha value is -1.67. The highest BCUT2D eigenvalue weighted by atomic mass is 16.5. The number of anilines is 2. The van der Waals surface area contributed by atoms with Crippen LogP contribution in [0, 0.1) is 0 Å². The second-order valence-corrected chi connectivity index (χ2v) is 5.17. The lowest BCUT2D eigenvalue weighted by Gasteiger charge is -2.47. The molecule has 1 heterocycles. The fraction of sp³-hybridized carbons (Fsp3) is 0.750. The molecule has 8 nitrogen and oxygen atoms in total. The van der Waals surface area contributed by atoms with Crippen LogP contribution in [0.3, 0.4) is 0 Å². The monoisotopic (exact) mass is 281 g/mol. The molecule has 0 unspecified atom stereocenters. The summed E-state index contributed by atoms with van der Waals surface area (Å²) in [4.78, 5) is 14.7. The van der Waals surface area contributed by atoms with E-state index in [-0.39, 0.29) is 11.5 Å². The number of hydrazine groups is 1. The maximum absolute atomic E-state index is 5.36. The van der Waals surface area contributed by atoms with E-state index in [1.807, 2.05) is 6.92 Å². The molecule has 0 aromatic carbocycles. The van der Waals surface area contributed by atoms with Crippen LogP contribution < -0.4 is 21.3 Å². The number of aromatic nitrogens is 3. The summed E-state index contributed by atoms with van der Waals surface area (Å²) in [5, 5.41) is 3.26. The summed E-state index contributed by atoms with van der Waals surface area (Å²) in [5.74, 6) is 6.12. The molecular formula is C12H23N7O. The predicted octanol–water partition coefficient (Wildman–Crippen LogP) is 0.452. The number of nitrogens with one attached hydrogen (secondary N) is 2. The summed E-state index contributed by atoms with van der Waals surface area (Å²) >= 11 is 0. The Bertz CT molecular complexity index is 447. The van der Waals surface area contributed by atoms with Gasteiger partial charge in [-0.05, 0) is 40.3 Å². The number of nitrogens with two attached hydrogens (primary N) is 1. The lowest BCUT2D eigenvalue weighted by molar-refractivity contribution is 0.0737. The Morgan fingerprint density at radius 3 is 2.45 bits per heavy atom. The van der Waals surface area contributed by atoms with Crippen molar-refractivity contribution in [3.8, 4) is 6.01 Å². The number of ether oxygens (including phenoxy) is 1. The summed E-state index contributed by atoms with van der Waals surface area (Å²) in [7, 11) is 4.21. The van der Waals surface area contributed by atoms with E-state index in [0.717, 1.165) is 6.54 Å². The van der Waals surface area contributed by atoms with E-state index in [4.69, 9.17) is 10.6 Å². The van der Waals surface area contributed by atoms with E-state index in [1.54, 1.807) is 0 Å². The first kappa shape index (κ1) is 14.7. The van der Waals surface area contributed by atoms with Crippen molar-refractivity contribution in [2.24, 2.45) is 5.84 Å². The molecule has 1 saturated carbocycles. The van der Waals surface area contributed by atoms with Gasteiger partial charge in [-0.15, -0.1) is 0 Å². The molecule has 112 valence electrons. The Kier molecular flexibility index (Phi) is 4.56. The Morgan fingerprint density at radius 2 is 1.95 bits per heavy atom. The van der Waals surface area contributed by atoms with Gasteiger partial charge >= 0.3 is 6.01 Å². The molecule has 1 aliphatic carbocycles. The molecule has 1 aromatic heterocycles. The van der Waals surface area contributed by atoms with Gasteiger partial charge in [-0.25, -0.2) is 5.84 Å². The molecule has 0 radical (unpaired) electrons. The third-order valence-electron chi connectivity index (χ3n) is 3.83. The molecule has 1 aliphatic rings. The van der Waals surface area contributed by atoms with E-state index in [2.05, 4.69) is 44.7 Å². The van der Waals surface area contributed by atoms with Gasteiger partial charge in [0.25, 0.3) is 0 Å². The normalized spacial score (nSPS) is 16.6. The standard InChI is InChI=1S/C12H23N7O/c1-4-20-11-16-9(15-10(17-11)18-13)14-8-12(19(2)3)6-5-7-12/h4-8,13H2,1-3H3,(H2,14,15,16,17,18). The summed E-state index contributed by atoms with van der Waals surface area (Å²) in [6.45, 7) is 3.16. The summed E-state index contributed by atoms with van der Waals surface area (Å²) in [6.07, 6.45) is 3.62. The number of nitrogen functional groups attached to an aromatic ring is 1.